The number of nitrogens with zero attached hydrogens (tertiary/aromatic N) is 2. The van der Waals surface area contributed by atoms with E-state index in [-0.39, 0.29) is 32.8 Å². The lowest BCUT2D eigenvalue weighted by molar-refractivity contribution is -0.134. The third-order valence-corrected chi connectivity index (χ3v) is 4.45. The van der Waals surface area contributed by atoms with Gasteiger partial charge >= 0.3 is 6.18 Å². The van der Waals surface area contributed by atoms with Crippen molar-refractivity contribution in [2.75, 3.05) is 0 Å². The monoisotopic (exact) mass is 308 g/mol. The molecule has 1 aromatic heterocycles. The number of nitriles is 1. The van der Waals surface area contributed by atoms with Gasteiger partial charge in [0.1, 0.15) is 4.88 Å². The maximum Gasteiger partial charge on any atom is 0.425 e. The highest BCUT2D eigenvalue weighted by atomic mass is 32.1. The average Bonchev–Trinajstić information content (AvgIpc) is 2.88. The zero-order valence-corrected chi connectivity index (χ0v) is 11.7. The van der Waals surface area contributed by atoms with E-state index in [1.165, 1.54) is 13.0 Å². The molecule has 0 saturated heterocycles. The number of allylic oxidation sites excluding steroid dienone is 4. The average molecular weight is 308 g/mol. The van der Waals surface area contributed by atoms with Crippen LogP contribution in [-0.4, -0.2) is 5.78 Å². The standard InChI is InChI=1S/C14H7F3N2OS/c1-4-7-10(8(5-18)19-3)9-6(2)13(14(15,16)17)21-12(9)11(7)20/h4H,1-2H3/b7-4-,10-8?. The zero-order chi connectivity index (χ0) is 15.9. The summed E-state index contributed by atoms with van der Waals surface area (Å²) in [6, 6.07) is 1.65. The molecule has 3 nitrogen and oxygen atoms in total. The number of thiophene rings is 1. The molecule has 106 valence electrons. The van der Waals surface area contributed by atoms with E-state index in [0.717, 1.165) is 0 Å². The van der Waals surface area contributed by atoms with Gasteiger partial charge in [-0.15, -0.1) is 11.3 Å². The van der Waals surface area contributed by atoms with E-state index in [0.29, 0.717) is 11.3 Å². The SMILES string of the molecule is [C-]#[N+]C(C#N)=C1/C(=C/C)C(=O)c2sc(C(F)(F)F)c(C)c21. The lowest BCUT2D eigenvalue weighted by Crippen LogP contribution is -2.05. The summed E-state index contributed by atoms with van der Waals surface area (Å²) in [5.74, 6) is -0.567. The van der Waals surface area contributed by atoms with Crippen LogP contribution >= 0.6 is 11.3 Å². The summed E-state index contributed by atoms with van der Waals surface area (Å²) in [7, 11) is 0. The molecule has 21 heavy (non-hydrogen) atoms. The maximum atomic E-state index is 12.9. The number of hydrogen-bond donors (Lipinski definition) is 0. The minimum atomic E-state index is -4.56. The Bertz CT molecular complexity index is 782. The third-order valence-electron chi connectivity index (χ3n) is 3.12. The van der Waals surface area contributed by atoms with Gasteiger partial charge in [-0.1, -0.05) is 6.08 Å². The molecule has 0 fully saturated rings. The molecule has 1 aliphatic rings. The van der Waals surface area contributed by atoms with E-state index < -0.39 is 16.8 Å². The number of fused-ring (bicyclic) bond motifs is 1. The highest BCUT2D eigenvalue weighted by Gasteiger charge is 2.43. The Kier molecular flexibility index (Phi) is 3.48. The number of carbonyl (C=O) groups excluding carboxylic acids is 1. The van der Waals surface area contributed by atoms with Crippen LogP contribution in [0.3, 0.4) is 0 Å². The van der Waals surface area contributed by atoms with E-state index in [9.17, 15) is 18.0 Å². The van der Waals surface area contributed by atoms with Crippen LogP contribution in [0.4, 0.5) is 13.2 Å². The molecular weight excluding hydrogens is 301 g/mol. The van der Waals surface area contributed by atoms with Crippen LogP contribution < -0.4 is 0 Å². The van der Waals surface area contributed by atoms with Gasteiger partial charge in [0, 0.05) is 11.1 Å². The summed E-state index contributed by atoms with van der Waals surface area (Å²) in [5.41, 5.74) is -0.290. The summed E-state index contributed by atoms with van der Waals surface area (Å²) in [6.45, 7) is 9.78. The van der Waals surface area contributed by atoms with Crippen LogP contribution in [0.2, 0.25) is 0 Å². The van der Waals surface area contributed by atoms with Gasteiger partial charge in [0.05, 0.1) is 17.5 Å². The van der Waals surface area contributed by atoms with Gasteiger partial charge in [0.25, 0.3) is 5.70 Å². The Morgan fingerprint density at radius 2 is 2.10 bits per heavy atom. The fraction of sp³-hybridized carbons (Fsp3) is 0.214. The molecule has 0 amide bonds. The number of halogens is 3. The summed E-state index contributed by atoms with van der Waals surface area (Å²) in [5, 5.41) is 8.99. The lowest BCUT2D eigenvalue weighted by atomic mass is 10.00. The number of Topliss-reactive ketones (excluding diaryl/α,β-unsaturated/α-hetero) is 1. The van der Waals surface area contributed by atoms with Crippen LogP contribution in [0.1, 0.15) is 32.6 Å². The van der Waals surface area contributed by atoms with E-state index >= 15 is 0 Å². The number of rotatable bonds is 0. The van der Waals surface area contributed by atoms with Crippen LogP contribution in [0, 0.1) is 24.8 Å². The fourth-order valence-electron chi connectivity index (χ4n) is 2.27. The number of carbonyl (C=O) groups is 1. The molecule has 0 bridgehead atoms. The van der Waals surface area contributed by atoms with Gasteiger partial charge in [-0.25, -0.2) is 10.1 Å². The molecule has 0 aromatic carbocycles. The molecule has 2 rings (SSSR count). The van der Waals surface area contributed by atoms with E-state index in [4.69, 9.17) is 11.8 Å². The van der Waals surface area contributed by atoms with Crippen molar-refractivity contribution >= 4 is 22.7 Å². The highest BCUT2D eigenvalue weighted by molar-refractivity contribution is 7.15. The predicted octanol–water partition coefficient (Wildman–Crippen LogP) is 4.37. The summed E-state index contributed by atoms with van der Waals surface area (Å²) >= 11 is 0.363. The normalized spacial score (nSPS) is 18.4. The van der Waals surface area contributed by atoms with Crippen molar-refractivity contribution in [3.05, 3.63) is 49.6 Å². The minimum Gasteiger partial charge on any atom is -0.288 e. The van der Waals surface area contributed by atoms with Gasteiger partial charge in [0.15, 0.2) is 0 Å². The van der Waals surface area contributed by atoms with E-state index in [1.54, 1.807) is 13.0 Å². The highest BCUT2D eigenvalue weighted by Crippen LogP contribution is 2.49. The van der Waals surface area contributed by atoms with Crippen molar-refractivity contribution in [2.24, 2.45) is 0 Å². The second-order valence-corrected chi connectivity index (χ2v) is 5.26. The van der Waals surface area contributed by atoms with Crippen LogP contribution in [0.25, 0.3) is 10.4 Å². The fourth-order valence-corrected chi connectivity index (χ4v) is 3.41. The van der Waals surface area contributed by atoms with Crippen molar-refractivity contribution in [1.29, 1.82) is 5.26 Å². The van der Waals surface area contributed by atoms with Crippen molar-refractivity contribution in [3.63, 3.8) is 0 Å². The van der Waals surface area contributed by atoms with E-state index in [2.05, 4.69) is 4.85 Å². The molecule has 0 saturated carbocycles. The summed E-state index contributed by atoms with van der Waals surface area (Å²) in [4.78, 5) is 14.3. The van der Waals surface area contributed by atoms with Crippen LogP contribution in [0.5, 0.6) is 0 Å². The molecule has 0 N–H and O–H groups in total. The number of alkyl halides is 3. The lowest BCUT2D eigenvalue weighted by Gasteiger charge is -2.07. The van der Waals surface area contributed by atoms with Crippen molar-refractivity contribution in [3.8, 4) is 6.07 Å². The Balaban J connectivity index is 2.90. The maximum absolute atomic E-state index is 12.9. The van der Waals surface area contributed by atoms with E-state index in [1.807, 2.05) is 0 Å². The first kappa shape index (κ1) is 15.0. The first-order valence-electron chi connectivity index (χ1n) is 5.72. The molecule has 0 spiro atoms. The first-order chi connectivity index (χ1) is 9.77. The van der Waals surface area contributed by atoms with Gasteiger partial charge in [0.2, 0.25) is 5.78 Å². The molecule has 7 heteroatoms. The molecule has 0 aliphatic heterocycles. The smallest absolute Gasteiger partial charge is 0.288 e. The molecule has 1 aromatic rings. The second-order valence-electron chi connectivity index (χ2n) is 4.24. The Morgan fingerprint density at radius 3 is 2.52 bits per heavy atom. The largest absolute Gasteiger partial charge is 0.425 e. The Morgan fingerprint density at radius 1 is 1.48 bits per heavy atom. The van der Waals surface area contributed by atoms with Crippen molar-refractivity contribution < 1.29 is 18.0 Å². The second kappa shape index (κ2) is 4.87. The number of ketones is 1. The molecule has 0 atom stereocenters. The van der Waals surface area contributed by atoms with Gasteiger partial charge in [-0.05, 0) is 25.0 Å². The number of hydrogen-bond acceptors (Lipinski definition) is 3. The molecule has 0 unspecified atom stereocenters. The van der Waals surface area contributed by atoms with Crippen LogP contribution in [-0.2, 0) is 6.18 Å². The molecule has 0 radical (unpaired) electrons. The Labute approximate surface area is 122 Å². The van der Waals surface area contributed by atoms with Crippen molar-refractivity contribution in [1.82, 2.24) is 0 Å². The van der Waals surface area contributed by atoms with Crippen LogP contribution in [0.15, 0.2) is 17.3 Å². The molecule has 1 aliphatic carbocycles. The minimum absolute atomic E-state index is 0.0132. The Hall–Kier alpha value is -2.38. The van der Waals surface area contributed by atoms with Gasteiger partial charge < -0.3 is 0 Å². The third kappa shape index (κ3) is 2.07. The molecule has 1 heterocycles. The quantitative estimate of drug-likeness (QED) is 0.406. The topological polar surface area (TPSA) is 45.2 Å². The van der Waals surface area contributed by atoms with Gasteiger partial charge in [-0.3, -0.25) is 4.79 Å². The first-order valence-corrected chi connectivity index (χ1v) is 6.53. The van der Waals surface area contributed by atoms with Gasteiger partial charge in [-0.2, -0.15) is 13.2 Å². The van der Waals surface area contributed by atoms with Crippen molar-refractivity contribution in [2.45, 2.75) is 20.0 Å². The predicted molar refractivity (Wildman–Crippen MR) is 71.3 cm³/mol. The zero-order valence-electron chi connectivity index (χ0n) is 10.9. The summed E-state index contributed by atoms with van der Waals surface area (Å²) in [6.07, 6.45) is -3.15. The summed E-state index contributed by atoms with van der Waals surface area (Å²) < 4.78 is 38.8. The molecular formula is C14H7F3N2OS.